The third-order valence-electron chi connectivity index (χ3n) is 3.37. The molecule has 1 N–H and O–H groups in total. The largest absolute Gasteiger partial charge is 0.274 e. The lowest BCUT2D eigenvalue weighted by Gasteiger charge is -2.18. The van der Waals surface area contributed by atoms with Crippen LogP contribution in [0.4, 0.5) is 10.8 Å². The molecule has 0 spiro atoms. The quantitative estimate of drug-likeness (QED) is 0.524. The number of hydrogen-bond donors (Lipinski definition) is 1. The Labute approximate surface area is 164 Å². The molecule has 2 amide bonds. The van der Waals surface area contributed by atoms with Gasteiger partial charge in [-0.3, -0.25) is 19.5 Å². The molecule has 0 bridgehead atoms. The van der Waals surface area contributed by atoms with Crippen LogP contribution < -0.4 is 10.3 Å². The molecular formula is C18H14ClN5O2S. The van der Waals surface area contributed by atoms with Crippen molar-refractivity contribution in [2.75, 3.05) is 4.90 Å². The molecule has 2 heterocycles. The van der Waals surface area contributed by atoms with Gasteiger partial charge >= 0.3 is 0 Å². The predicted octanol–water partition coefficient (Wildman–Crippen LogP) is 3.64. The predicted molar refractivity (Wildman–Crippen MR) is 106 cm³/mol. The standard InChI is InChI=1S/C18H14ClN5O2S/c1-12(25)24(16-6-2-5-14(19)8-16)18-22-15(11-27-18)10-21-23-17(26)13-4-3-7-20-9-13/h2-11H,1H3,(H,23,26)/b21-10-. The van der Waals surface area contributed by atoms with Crippen LogP contribution in [0.15, 0.2) is 59.3 Å². The molecule has 9 heteroatoms. The third-order valence-corrected chi connectivity index (χ3v) is 4.45. The number of nitrogens with one attached hydrogen (secondary N) is 1. The van der Waals surface area contributed by atoms with E-state index in [0.29, 0.717) is 27.1 Å². The number of pyridine rings is 1. The number of aromatic nitrogens is 2. The van der Waals surface area contributed by atoms with Crippen molar-refractivity contribution in [2.45, 2.75) is 6.92 Å². The first-order valence-electron chi connectivity index (χ1n) is 7.80. The molecule has 0 saturated carbocycles. The minimum absolute atomic E-state index is 0.194. The SMILES string of the molecule is CC(=O)N(c1cccc(Cl)c1)c1nc(/C=N\NC(=O)c2cccnc2)cs1. The Morgan fingerprint density at radius 2 is 2.15 bits per heavy atom. The number of thiazole rings is 1. The number of amides is 2. The van der Waals surface area contributed by atoms with E-state index in [1.807, 2.05) is 0 Å². The van der Waals surface area contributed by atoms with Gasteiger partial charge in [-0.1, -0.05) is 17.7 Å². The van der Waals surface area contributed by atoms with Crippen molar-refractivity contribution in [1.82, 2.24) is 15.4 Å². The number of hydrazone groups is 1. The summed E-state index contributed by atoms with van der Waals surface area (Å²) in [5.41, 5.74) is 3.94. The molecule has 2 aromatic heterocycles. The fraction of sp³-hybridized carbons (Fsp3) is 0.0556. The van der Waals surface area contributed by atoms with Crippen molar-refractivity contribution in [3.63, 3.8) is 0 Å². The summed E-state index contributed by atoms with van der Waals surface area (Å²) in [7, 11) is 0. The van der Waals surface area contributed by atoms with Crippen LogP contribution in [0.3, 0.4) is 0 Å². The van der Waals surface area contributed by atoms with Crippen LogP contribution in [0, 0.1) is 0 Å². The number of anilines is 2. The van der Waals surface area contributed by atoms with Gasteiger partial charge in [0.2, 0.25) is 5.91 Å². The molecule has 0 aliphatic rings. The van der Waals surface area contributed by atoms with Gasteiger partial charge in [0.05, 0.1) is 23.2 Å². The van der Waals surface area contributed by atoms with Crippen molar-refractivity contribution in [3.05, 3.63) is 70.5 Å². The second-order valence-electron chi connectivity index (χ2n) is 5.33. The highest BCUT2D eigenvalue weighted by atomic mass is 35.5. The number of carbonyl (C=O) groups is 2. The molecule has 1 aromatic carbocycles. The zero-order valence-corrected chi connectivity index (χ0v) is 15.7. The fourth-order valence-corrected chi connectivity index (χ4v) is 3.22. The van der Waals surface area contributed by atoms with Crippen LogP contribution in [-0.2, 0) is 4.79 Å². The van der Waals surface area contributed by atoms with Gasteiger partial charge < -0.3 is 0 Å². The van der Waals surface area contributed by atoms with E-state index in [0.717, 1.165) is 0 Å². The zero-order chi connectivity index (χ0) is 19.2. The van der Waals surface area contributed by atoms with Gasteiger partial charge in [0.25, 0.3) is 5.91 Å². The van der Waals surface area contributed by atoms with Crippen LogP contribution >= 0.6 is 22.9 Å². The van der Waals surface area contributed by atoms with Crippen LogP contribution in [0.2, 0.25) is 5.02 Å². The van der Waals surface area contributed by atoms with Gasteiger partial charge in [-0.05, 0) is 30.3 Å². The second-order valence-corrected chi connectivity index (χ2v) is 6.60. The number of halogens is 1. The summed E-state index contributed by atoms with van der Waals surface area (Å²) in [5, 5.41) is 6.62. The summed E-state index contributed by atoms with van der Waals surface area (Å²) in [4.78, 5) is 33.7. The molecule has 3 aromatic rings. The molecule has 0 atom stereocenters. The Morgan fingerprint density at radius 3 is 2.85 bits per heavy atom. The lowest BCUT2D eigenvalue weighted by molar-refractivity contribution is -0.115. The van der Waals surface area contributed by atoms with E-state index >= 15 is 0 Å². The van der Waals surface area contributed by atoms with E-state index in [-0.39, 0.29) is 11.8 Å². The lowest BCUT2D eigenvalue weighted by Crippen LogP contribution is -2.22. The van der Waals surface area contributed by atoms with E-state index in [4.69, 9.17) is 11.6 Å². The fourth-order valence-electron chi connectivity index (χ4n) is 2.20. The zero-order valence-electron chi connectivity index (χ0n) is 14.2. The Bertz CT molecular complexity index is 990. The molecular weight excluding hydrogens is 386 g/mol. The van der Waals surface area contributed by atoms with E-state index in [2.05, 4.69) is 20.5 Å². The van der Waals surface area contributed by atoms with Crippen molar-refractivity contribution < 1.29 is 9.59 Å². The first-order valence-corrected chi connectivity index (χ1v) is 9.05. The van der Waals surface area contributed by atoms with Crippen LogP contribution in [0.1, 0.15) is 23.0 Å². The summed E-state index contributed by atoms with van der Waals surface area (Å²) in [5.74, 6) is -0.570. The summed E-state index contributed by atoms with van der Waals surface area (Å²) in [6, 6.07) is 10.3. The number of nitrogens with zero attached hydrogens (tertiary/aromatic N) is 4. The maximum absolute atomic E-state index is 12.1. The van der Waals surface area contributed by atoms with Gasteiger partial charge in [0.15, 0.2) is 5.13 Å². The normalized spacial score (nSPS) is 10.7. The molecule has 3 rings (SSSR count). The Balaban J connectivity index is 1.73. The van der Waals surface area contributed by atoms with Gasteiger partial charge in [-0.2, -0.15) is 5.10 Å². The number of carbonyl (C=O) groups excluding carboxylic acids is 2. The Morgan fingerprint density at radius 1 is 1.30 bits per heavy atom. The lowest BCUT2D eigenvalue weighted by atomic mass is 10.3. The smallest absolute Gasteiger partial charge is 0.272 e. The average Bonchev–Trinajstić information content (AvgIpc) is 3.10. The molecule has 0 unspecified atom stereocenters. The number of rotatable bonds is 5. The van der Waals surface area contributed by atoms with E-state index in [9.17, 15) is 9.59 Å². The van der Waals surface area contributed by atoms with Gasteiger partial charge in [0, 0.05) is 29.7 Å². The minimum atomic E-state index is -0.376. The number of hydrogen-bond acceptors (Lipinski definition) is 6. The van der Waals surface area contributed by atoms with Crippen LogP contribution in [-0.4, -0.2) is 28.0 Å². The van der Waals surface area contributed by atoms with Crippen molar-refractivity contribution in [3.8, 4) is 0 Å². The summed E-state index contributed by atoms with van der Waals surface area (Å²) in [6.07, 6.45) is 4.43. The van der Waals surface area contributed by atoms with Crippen molar-refractivity contribution >= 4 is 51.8 Å². The molecule has 27 heavy (non-hydrogen) atoms. The highest BCUT2D eigenvalue weighted by Crippen LogP contribution is 2.30. The molecule has 0 saturated heterocycles. The van der Waals surface area contributed by atoms with Gasteiger partial charge in [-0.15, -0.1) is 11.3 Å². The van der Waals surface area contributed by atoms with E-state index in [1.54, 1.807) is 48.0 Å². The van der Waals surface area contributed by atoms with E-state index in [1.165, 1.54) is 35.6 Å². The summed E-state index contributed by atoms with van der Waals surface area (Å²) < 4.78 is 0. The highest BCUT2D eigenvalue weighted by Gasteiger charge is 2.17. The molecule has 136 valence electrons. The second kappa shape index (κ2) is 8.52. The average molecular weight is 400 g/mol. The first-order chi connectivity index (χ1) is 13.0. The first kappa shape index (κ1) is 18.7. The molecule has 0 aliphatic carbocycles. The maximum Gasteiger partial charge on any atom is 0.272 e. The van der Waals surface area contributed by atoms with Gasteiger partial charge in [-0.25, -0.2) is 10.4 Å². The van der Waals surface area contributed by atoms with Gasteiger partial charge in [0.1, 0.15) is 0 Å². The summed E-state index contributed by atoms with van der Waals surface area (Å²) in [6.45, 7) is 1.45. The van der Waals surface area contributed by atoms with Crippen LogP contribution in [0.5, 0.6) is 0 Å². The Hall–Kier alpha value is -3.10. The van der Waals surface area contributed by atoms with Crippen molar-refractivity contribution in [1.29, 1.82) is 0 Å². The maximum atomic E-state index is 12.1. The van der Waals surface area contributed by atoms with Crippen molar-refractivity contribution in [2.24, 2.45) is 5.10 Å². The minimum Gasteiger partial charge on any atom is -0.274 e. The summed E-state index contributed by atoms with van der Waals surface area (Å²) >= 11 is 7.29. The third kappa shape index (κ3) is 4.75. The number of benzene rings is 1. The molecule has 0 aliphatic heterocycles. The van der Waals surface area contributed by atoms with E-state index < -0.39 is 0 Å². The monoisotopic (exact) mass is 399 g/mol. The molecule has 0 radical (unpaired) electrons. The van der Waals surface area contributed by atoms with Crippen LogP contribution in [0.25, 0.3) is 0 Å². The highest BCUT2D eigenvalue weighted by molar-refractivity contribution is 7.14. The molecule has 7 nitrogen and oxygen atoms in total. The molecule has 0 fully saturated rings. The topological polar surface area (TPSA) is 87.5 Å². The Kier molecular flexibility index (Phi) is 5.90.